The Hall–Kier alpha value is -2.18. The minimum absolute atomic E-state index is 0.00646. The van der Waals surface area contributed by atoms with Crippen LogP contribution in [0, 0.1) is 0 Å². The normalized spacial score (nSPS) is 12.8. The number of rotatable bonds is 66. The zero-order valence-electron chi connectivity index (χ0n) is 53.1. The summed E-state index contributed by atoms with van der Waals surface area (Å²) >= 11 is 0. The van der Waals surface area contributed by atoms with E-state index in [9.17, 15) is 19.8 Å². The Labute approximate surface area is 493 Å². The number of allylic oxidation sites excluding steroid dienone is 7. The van der Waals surface area contributed by atoms with Gasteiger partial charge in [-0.3, -0.25) is 9.59 Å². The van der Waals surface area contributed by atoms with Gasteiger partial charge >= 0.3 is 5.97 Å². The van der Waals surface area contributed by atoms with Gasteiger partial charge < -0.3 is 20.3 Å². The zero-order chi connectivity index (χ0) is 57.1. The predicted octanol–water partition coefficient (Wildman–Crippen LogP) is 22.9. The average Bonchev–Trinajstić information content (AvgIpc) is 3.45. The van der Waals surface area contributed by atoms with Gasteiger partial charge in [-0.05, 0) is 83.5 Å². The molecule has 0 saturated carbocycles. The summed E-state index contributed by atoms with van der Waals surface area (Å²) in [5.74, 6) is -0.0578. The Morgan fingerprint density at radius 2 is 0.646 bits per heavy atom. The minimum atomic E-state index is -0.840. The topological polar surface area (TPSA) is 95.9 Å². The molecule has 79 heavy (non-hydrogen) atoms. The quantitative estimate of drug-likeness (QED) is 0.0320. The number of hydrogen-bond acceptors (Lipinski definition) is 5. The smallest absolute Gasteiger partial charge is 0.305 e. The summed E-state index contributed by atoms with van der Waals surface area (Å²) in [6, 6.07) is -0.623. The van der Waals surface area contributed by atoms with Crippen molar-refractivity contribution in [2.45, 2.75) is 392 Å². The van der Waals surface area contributed by atoms with Crippen LogP contribution in [0.5, 0.6) is 0 Å². The van der Waals surface area contributed by atoms with Crippen LogP contribution in [0.4, 0.5) is 0 Å². The van der Waals surface area contributed by atoms with Crippen LogP contribution in [0.1, 0.15) is 380 Å². The van der Waals surface area contributed by atoms with Crippen LogP contribution in [0.3, 0.4) is 0 Å². The van der Waals surface area contributed by atoms with Crippen molar-refractivity contribution < 1.29 is 24.5 Å². The lowest BCUT2D eigenvalue weighted by Gasteiger charge is -2.20. The number of ether oxygens (including phenoxy) is 1. The van der Waals surface area contributed by atoms with Crippen molar-refractivity contribution in [2.75, 3.05) is 13.2 Å². The molecule has 6 nitrogen and oxygen atoms in total. The lowest BCUT2D eigenvalue weighted by Crippen LogP contribution is -2.45. The number of nitrogens with one attached hydrogen (secondary N) is 1. The van der Waals surface area contributed by atoms with Crippen molar-refractivity contribution >= 4 is 11.9 Å². The van der Waals surface area contributed by atoms with Gasteiger partial charge in [-0.1, -0.05) is 332 Å². The van der Waals surface area contributed by atoms with Gasteiger partial charge in [0.15, 0.2) is 0 Å². The number of amides is 1. The van der Waals surface area contributed by atoms with Crippen LogP contribution in [-0.4, -0.2) is 47.4 Å². The highest BCUT2D eigenvalue weighted by atomic mass is 16.5. The summed E-state index contributed by atoms with van der Waals surface area (Å²) in [5, 5.41) is 23.1. The largest absolute Gasteiger partial charge is 0.466 e. The number of carbonyl (C=O) groups excluding carboxylic acids is 2. The monoisotopic (exact) mass is 1110 g/mol. The summed E-state index contributed by atoms with van der Waals surface area (Å²) in [4.78, 5) is 24.5. The van der Waals surface area contributed by atoms with Crippen LogP contribution in [-0.2, 0) is 14.3 Å². The van der Waals surface area contributed by atoms with E-state index in [0.717, 1.165) is 51.4 Å². The standard InChI is InChI=1S/C73H137NO5/c1-3-5-7-9-11-13-15-16-43-47-51-55-59-63-67-73(78)79-68-64-60-56-52-48-44-41-39-37-35-33-31-29-27-25-23-21-19-17-18-20-22-24-26-28-30-32-34-36-38-40-42-46-50-54-58-62-66-72(77)74-70(69-75)71(76)65-61-57-53-49-45-14-12-10-8-6-4-2/h9,11,15-17,19,61,65,70-71,75-76H,3-8,10,12-14,18,20-60,62-64,66-69H2,1-2H3,(H,74,77)/b11-9-,16-15-,19-17-,65-61+. The van der Waals surface area contributed by atoms with E-state index in [-0.39, 0.29) is 18.5 Å². The summed E-state index contributed by atoms with van der Waals surface area (Å²) in [6.07, 6.45) is 89.3. The fourth-order valence-corrected chi connectivity index (χ4v) is 10.9. The van der Waals surface area contributed by atoms with E-state index in [1.165, 1.54) is 302 Å². The average molecular weight is 1110 g/mol. The van der Waals surface area contributed by atoms with Gasteiger partial charge in [-0.2, -0.15) is 0 Å². The molecule has 0 aliphatic carbocycles. The molecule has 6 heteroatoms. The second-order valence-corrected chi connectivity index (χ2v) is 24.2. The maximum Gasteiger partial charge on any atom is 0.305 e. The Morgan fingerprint density at radius 1 is 0.354 bits per heavy atom. The molecule has 0 aromatic carbocycles. The van der Waals surface area contributed by atoms with Gasteiger partial charge in [0.2, 0.25) is 5.91 Å². The fraction of sp³-hybridized carbons (Fsp3) is 0.863. The Morgan fingerprint density at radius 3 is 1.01 bits per heavy atom. The number of aliphatic hydroxyl groups excluding tert-OH is 2. The van der Waals surface area contributed by atoms with E-state index in [2.05, 4.69) is 55.6 Å². The van der Waals surface area contributed by atoms with Gasteiger partial charge in [-0.25, -0.2) is 0 Å². The van der Waals surface area contributed by atoms with Crippen molar-refractivity contribution in [3.8, 4) is 0 Å². The maximum atomic E-state index is 12.4. The molecule has 2 unspecified atom stereocenters. The molecule has 0 spiro atoms. The molecule has 0 saturated heterocycles. The lowest BCUT2D eigenvalue weighted by atomic mass is 10.0. The molecule has 0 aromatic rings. The molecule has 2 atom stereocenters. The zero-order valence-corrected chi connectivity index (χ0v) is 53.1. The molecule has 0 rings (SSSR count). The lowest BCUT2D eigenvalue weighted by molar-refractivity contribution is -0.143. The molecule has 0 fully saturated rings. The third kappa shape index (κ3) is 64.8. The van der Waals surface area contributed by atoms with Gasteiger partial charge in [0.25, 0.3) is 0 Å². The molecule has 1 amide bonds. The Kier molecular flexibility index (Phi) is 66.4. The van der Waals surface area contributed by atoms with E-state index in [1.807, 2.05) is 6.08 Å². The second-order valence-electron chi connectivity index (χ2n) is 24.2. The number of esters is 1. The predicted molar refractivity (Wildman–Crippen MR) is 347 cm³/mol. The van der Waals surface area contributed by atoms with E-state index in [4.69, 9.17) is 4.74 Å². The van der Waals surface area contributed by atoms with E-state index < -0.39 is 12.1 Å². The van der Waals surface area contributed by atoms with Gasteiger partial charge in [0, 0.05) is 12.8 Å². The molecule has 3 N–H and O–H groups in total. The summed E-state index contributed by atoms with van der Waals surface area (Å²) in [6.45, 7) is 4.86. The fourth-order valence-electron chi connectivity index (χ4n) is 10.9. The molecular weight excluding hydrogens is 971 g/mol. The Balaban J connectivity index is 3.33. The van der Waals surface area contributed by atoms with Gasteiger partial charge in [-0.15, -0.1) is 0 Å². The Bertz CT molecular complexity index is 1320. The highest BCUT2D eigenvalue weighted by molar-refractivity contribution is 5.76. The first-order valence-corrected chi connectivity index (χ1v) is 35.4. The summed E-state index contributed by atoms with van der Waals surface area (Å²) in [7, 11) is 0. The second kappa shape index (κ2) is 68.3. The molecule has 0 aliphatic heterocycles. The SMILES string of the molecule is CCCC/C=C\C/C=C\CCCCCCCC(=O)OCCCCCCCCCCCCCCCCCC/C=C\CCCCCCCCCCCCCCCCCCCC(=O)NC(CO)C(O)/C=C/CCCCCCCCCCC. The van der Waals surface area contributed by atoms with Crippen molar-refractivity contribution in [1.82, 2.24) is 5.32 Å². The van der Waals surface area contributed by atoms with Crippen molar-refractivity contribution in [2.24, 2.45) is 0 Å². The number of hydrogen-bond donors (Lipinski definition) is 3. The third-order valence-electron chi connectivity index (χ3n) is 16.3. The first kappa shape index (κ1) is 76.8. The van der Waals surface area contributed by atoms with Crippen LogP contribution < -0.4 is 5.32 Å². The van der Waals surface area contributed by atoms with Gasteiger partial charge in [0.1, 0.15) is 0 Å². The first-order chi connectivity index (χ1) is 39.0. The molecule has 0 heterocycles. The molecule has 0 bridgehead atoms. The number of unbranched alkanes of at least 4 members (excludes halogenated alkanes) is 49. The van der Waals surface area contributed by atoms with Crippen molar-refractivity contribution in [3.05, 3.63) is 48.6 Å². The molecule has 0 aromatic heterocycles. The molecular formula is C73H137NO5. The van der Waals surface area contributed by atoms with E-state index in [1.54, 1.807) is 6.08 Å². The highest BCUT2D eigenvalue weighted by Gasteiger charge is 2.18. The van der Waals surface area contributed by atoms with E-state index >= 15 is 0 Å². The maximum absolute atomic E-state index is 12.4. The van der Waals surface area contributed by atoms with Crippen LogP contribution >= 0.6 is 0 Å². The molecule has 0 radical (unpaired) electrons. The molecule has 0 aliphatic rings. The van der Waals surface area contributed by atoms with Gasteiger partial charge in [0.05, 0.1) is 25.4 Å². The van der Waals surface area contributed by atoms with Crippen LogP contribution in [0.25, 0.3) is 0 Å². The van der Waals surface area contributed by atoms with Crippen molar-refractivity contribution in [1.29, 1.82) is 0 Å². The van der Waals surface area contributed by atoms with Crippen LogP contribution in [0.2, 0.25) is 0 Å². The highest BCUT2D eigenvalue weighted by Crippen LogP contribution is 2.18. The summed E-state index contributed by atoms with van der Waals surface area (Å²) in [5.41, 5.74) is 0. The van der Waals surface area contributed by atoms with Crippen LogP contribution in [0.15, 0.2) is 48.6 Å². The first-order valence-electron chi connectivity index (χ1n) is 35.4. The minimum Gasteiger partial charge on any atom is -0.466 e. The molecule has 464 valence electrons. The third-order valence-corrected chi connectivity index (χ3v) is 16.3. The van der Waals surface area contributed by atoms with E-state index in [0.29, 0.717) is 19.4 Å². The van der Waals surface area contributed by atoms with Crippen molar-refractivity contribution in [3.63, 3.8) is 0 Å². The number of aliphatic hydroxyl groups is 2. The summed E-state index contributed by atoms with van der Waals surface area (Å²) < 4.78 is 5.48. The number of carbonyl (C=O) groups is 2.